The molecule has 0 radical (unpaired) electrons. The van der Waals surface area contributed by atoms with E-state index in [1.807, 2.05) is 6.92 Å². The third-order valence-electron chi connectivity index (χ3n) is 4.30. The molecule has 3 amide bonds. The van der Waals surface area contributed by atoms with Gasteiger partial charge in [-0.25, -0.2) is 4.79 Å². The predicted octanol–water partition coefficient (Wildman–Crippen LogP) is 3.74. The molecule has 0 heterocycles. The Hall–Kier alpha value is -2.05. The van der Waals surface area contributed by atoms with Gasteiger partial charge in [-0.2, -0.15) is 0 Å². The smallest absolute Gasteiger partial charge is 0.322 e. The second kappa shape index (κ2) is 19.7. The molecule has 4 N–H and O–H groups in total. The monoisotopic (exact) mass is 397 g/mol. The van der Waals surface area contributed by atoms with Crippen LogP contribution < -0.4 is 16.0 Å². The van der Waals surface area contributed by atoms with Crippen LogP contribution in [0, 0.1) is 0 Å². The van der Waals surface area contributed by atoms with E-state index in [9.17, 15) is 14.4 Å². The fourth-order valence-corrected chi connectivity index (χ4v) is 2.74. The van der Waals surface area contributed by atoms with Gasteiger partial charge in [0.05, 0.1) is 0 Å². The Balaban J connectivity index is 3.24. The molecular formula is C21H39N3O4. The van der Waals surface area contributed by atoms with Crippen molar-refractivity contribution in [1.29, 1.82) is 0 Å². The van der Waals surface area contributed by atoms with Crippen LogP contribution in [0.3, 0.4) is 0 Å². The average Bonchev–Trinajstić information content (AvgIpc) is 2.66. The summed E-state index contributed by atoms with van der Waals surface area (Å²) in [6.45, 7) is 3.00. The zero-order valence-corrected chi connectivity index (χ0v) is 17.4. The van der Waals surface area contributed by atoms with E-state index in [0.717, 1.165) is 51.5 Å². The number of amides is 3. The van der Waals surface area contributed by atoms with Gasteiger partial charge < -0.3 is 21.1 Å². The van der Waals surface area contributed by atoms with Crippen molar-refractivity contribution in [3.8, 4) is 0 Å². The molecule has 0 aliphatic carbocycles. The Labute approximate surface area is 169 Å². The first-order valence-corrected chi connectivity index (χ1v) is 10.7. The number of rotatable bonds is 18. The van der Waals surface area contributed by atoms with Crippen LogP contribution in [-0.4, -0.2) is 42.6 Å². The summed E-state index contributed by atoms with van der Waals surface area (Å²) in [5.74, 6) is -1.18. The molecule has 0 aromatic carbocycles. The molecule has 0 fully saturated rings. The molecule has 0 aliphatic heterocycles. The van der Waals surface area contributed by atoms with Gasteiger partial charge in [-0.1, -0.05) is 44.3 Å². The second-order valence-corrected chi connectivity index (χ2v) is 6.94. The first-order chi connectivity index (χ1) is 13.6. The molecule has 7 nitrogen and oxygen atoms in total. The summed E-state index contributed by atoms with van der Waals surface area (Å²) in [7, 11) is 0. The Morgan fingerprint density at radius 3 is 1.93 bits per heavy atom. The van der Waals surface area contributed by atoms with Crippen molar-refractivity contribution >= 4 is 17.9 Å². The molecule has 7 heteroatoms. The van der Waals surface area contributed by atoms with E-state index in [-0.39, 0.29) is 18.5 Å². The highest BCUT2D eigenvalue weighted by Crippen LogP contribution is 2.10. The number of aliphatic carboxylic acids is 1. The molecule has 162 valence electrons. The van der Waals surface area contributed by atoms with Crippen LogP contribution in [0.2, 0.25) is 0 Å². The summed E-state index contributed by atoms with van der Waals surface area (Å²) in [5, 5.41) is 16.4. The zero-order chi connectivity index (χ0) is 20.9. The topological polar surface area (TPSA) is 108 Å². The molecule has 0 saturated heterocycles. The molecule has 0 aromatic heterocycles. The lowest BCUT2D eigenvalue weighted by molar-refractivity contribution is -0.137. The molecule has 0 rings (SSSR count). The molecule has 28 heavy (non-hydrogen) atoms. The standard InChI is InChI=1S/C21H39N3O4/c1-2-22-21(28)23-17-15-13-11-9-7-5-3-4-6-8-10-12-14-16-19(25)24-18-20(26)27/h7,9H,2-6,8,10-18H2,1H3,(H,24,25)(H,26,27)(H2,22,23,28). The first-order valence-electron chi connectivity index (χ1n) is 10.7. The van der Waals surface area contributed by atoms with Gasteiger partial charge in [-0.15, -0.1) is 0 Å². The number of hydrogen-bond acceptors (Lipinski definition) is 3. The summed E-state index contributed by atoms with van der Waals surface area (Å²) in [5.41, 5.74) is 0. The van der Waals surface area contributed by atoms with Crippen LogP contribution in [0.15, 0.2) is 12.2 Å². The molecule has 0 saturated carbocycles. The van der Waals surface area contributed by atoms with Crippen LogP contribution in [-0.2, 0) is 9.59 Å². The van der Waals surface area contributed by atoms with Gasteiger partial charge in [0, 0.05) is 19.5 Å². The molecule has 0 bridgehead atoms. The highest BCUT2D eigenvalue weighted by molar-refractivity contribution is 5.80. The van der Waals surface area contributed by atoms with Crippen molar-refractivity contribution in [2.45, 2.75) is 84.0 Å². The van der Waals surface area contributed by atoms with E-state index in [2.05, 4.69) is 28.1 Å². The fraction of sp³-hybridized carbons (Fsp3) is 0.762. The summed E-state index contributed by atoms with van der Waals surface area (Å²) >= 11 is 0. The van der Waals surface area contributed by atoms with Crippen molar-refractivity contribution in [2.24, 2.45) is 0 Å². The molecular weight excluding hydrogens is 358 g/mol. The van der Waals surface area contributed by atoms with Gasteiger partial charge in [0.15, 0.2) is 0 Å². The number of urea groups is 1. The maximum Gasteiger partial charge on any atom is 0.322 e. The number of carbonyl (C=O) groups excluding carboxylic acids is 2. The van der Waals surface area contributed by atoms with E-state index in [4.69, 9.17) is 5.11 Å². The Kier molecular flexibility index (Phi) is 18.3. The third kappa shape index (κ3) is 20.3. The zero-order valence-electron chi connectivity index (χ0n) is 17.4. The van der Waals surface area contributed by atoms with Crippen molar-refractivity contribution < 1.29 is 19.5 Å². The van der Waals surface area contributed by atoms with Gasteiger partial charge in [0.25, 0.3) is 0 Å². The van der Waals surface area contributed by atoms with E-state index in [1.165, 1.54) is 25.7 Å². The van der Waals surface area contributed by atoms with Gasteiger partial charge in [0.1, 0.15) is 6.54 Å². The minimum Gasteiger partial charge on any atom is -0.480 e. The van der Waals surface area contributed by atoms with Gasteiger partial charge in [-0.05, 0) is 45.4 Å². The third-order valence-corrected chi connectivity index (χ3v) is 4.30. The van der Waals surface area contributed by atoms with Gasteiger partial charge in [-0.3, -0.25) is 9.59 Å². The average molecular weight is 398 g/mol. The minimum atomic E-state index is -1.01. The van der Waals surface area contributed by atoms with Crippen molar-refractivity contribution in [3.63, 3.8) is 0 Å². The number of allylic oxidation sites excluding steroid dienone is 2. The number of carboxylic acid groups (broad SMARTS) is 1. The Bertz CT molecular complexity index is 453. The van der Waals surface area contributed by atoms with Crippen LogP contribution in [0.4, 0.5) is 4.79 Å². The summed E-state index contributed by atoms with van der Waals surface area (Å²) in [4.78, 5) is 32.8. The number of carbonyl (C=O) groups is 3. The van der Waals surface area contributed by atoms with Gasteiger partial charge in [0.2, 0.25) is 5.91 Å². The summed E-state index contributed by atoms with van der Waals surface area (Å²) in [6.07, 6.45) is 17.1. The number of unbranched alkanes of at least 4 members (excludes halogenated alkanes) is 9. The molecule has 0 aromatic rings. The highest BCUT2D eigenvalue weighted by atomic mass is 16.4. The molecule has 0 unspecified atom stereocenters. The van der Waals surface area contributed by atoms with Crippen molar-refractivity contribution in [2.75, 3.05) is 19.6 Å². The van der Waals surface area contributed by atoms with Gasteiger partial charge >= 0.3 is 12.0 Å². The van der Waals surface area contributed by atoms with Crippen molar-refractivity contribution in [1.82, 2.24) is 16.0 Å². The number of carboxylic acids is 1. The SMILES string of the molecule is CCNC(=O)NCCCCC=CCCCCCCCCCC(=O)NCC(=O)O. The molecule has 0 aliphatic rings. The fourth-order valence-electron chi connectivity index (χ4n) is 2.74. The Morgan fingerprint density at radius 2 is 1.32 bits per heavy atom. The molecule has 0 spiro atoms. The van der Waals surface area contributed by atoms with Crippen LogP contribution in [0.1, 0.15) is 84.0 Å². The first kappa shape index (κ1) is 26.0. The second-order valence-electron chi connectivity index (χ2n) is 6.94. The summed E-state index contributed by atoms with van der Waals surface area (Å²) in [6, 6.07) is -0.0840. The lowest BCUT2D eigenvalue weighted by Crippen LogP contribution is -2.35. The summed E-state index contributed by atoms with van der Waals surface area (Å²) < 4.78 is 0. The van der Waals surface area contributed by atoms with Crippen LogP contribution in [0.5, 0.6) is 0 Å². The lowest BCUT2D eigenvalue weighted by atomic mass is 10.1. The highest BCUT2D eigenvalue weighted by Gasteiger charge is 2.03. The molecule has 0 atom stereocenters. The normalized spacial score (nSPS) is 10.8. The van der Waals surface area contributed by atoms with E-state index >= 15 is 0 Å². The van der Waals surface area contributed by atoms with Crippen molar-refractivity contribution in [3.05, 3.63) is 12.2 Å². The maximum absolute atomic E-state index is 11.3. The van der Waals surface area contributed by atoms with E-state index in [0.29, 0.717) is 13.0 Å². The number of nitrogens with one attached hydrogen (secondary N) is 3. The predicted molar refractivity (Wildman–Crippen MR) is 112 cm³/mol. The largest absolute Gasteiger partial charge is 0.480 e. The lowest BCUT2D eigenvalue weighted by Gasteiger charge is -2.04. The van der Waals surface area contributed by atoms with E-state index in [1.54, 1.807) is 0 Å². The van der Waals surface area contributed by atoms with Crippen LogP contribution >= 0.6 is 0 Å². The minimum absolute atomic E-state index is 0.0840. The maximum atomic E-state index is 11.3. The van der Waals surface area contributed by atoms with Crippen LogP contribution in [0.25, 0.3) is 0 Å². The number of hydrogen-bond donors (Lipinski definition) is 4. The van der Waals surface area contributed by atoms with E-state index < -0.39 is 5.97 Å². The quantitative estimate of drug-likeness (QED) is 0.209. The Morgan fingerprint density at radius 1 is 0.750 bits per heavy atom.